The van der Waals surface area contributed by atoms with Gasteiger partial charge in [0.15, 0.2) is 5.96 Å². The summed E-state index contributed by atoms with van der Waals surface area (Å²) in [5, 5.41) is 9.33. The smallest absolute Gasteiger partial charge is 0.251 e. The highest BCUT2D eigenvalue weighted by Gasteiger charge is 2.07. The van der Waals surface area contributed by atoms with E-state index in [1.54, 1.807) is 7.11 Å². The lowest BCUT2D eigenvalue weighted by atomic mass is 10.1. The number of guanidine groups is 1. The van der Waals surface area contributed by atoms with Crippen molar-refractivity contribution in [1.29, 1.82) is 0 Å². The predicted molar refractivity (Wildman–Crippen MR) is 120 cm³/mol. The molecule has 2 aromatic rings. The lowest BCUT2D eigenvalue weighted by Crippen LogP contribution is -2.41. The first-order chi connectivity index (χ1) is 14.5. The molecule has 0 saturated carbocycles. The Hall–Kier alpha value is -3.22. The average molecular weight is 413 g/mol. The summed E-state index contributed by atoms with van der Waals surface area (Å²) in [7, 11) is 1.64. The molecule has 1 amide bonds. The fourth-order valence-electron chi connectivity index (χ4n) is 2.73. The van der Waals surface area contributed by atoms with Crippen LogP contribution in [0.25, 0.3) is 0 Å². The highest BCUT2D eigenvalue weighted by atomic mass is 16.5. The molecule has 0 aliphatic rings. The van der Waals surface area contributed by atoms with E-state index >= 15 is 0 Å². The standard InChI is InChI=1S/C23H32N4O3/c1-5-24-22(28)19-12-10-18(11-13-19)16-27-23(25-6-2)26-15-17(3)30-21-9-7-8-20(14-21)29-4/h7-14,17H,5-6,15-16H2,1-4H3,(H,24,28)(H2,25,26,27). The van der Waals surface area contributed by atoms with Gasteiger partial charge in [-0.25, -0.2) is 4.99 Å². The number of amides is 1. The number of nitrogens with one attached hydrogen (secondary N) is 3. The second-order valence-corrected chi connectivity index (χ2v) is 6.74. The lowest BCUT2D eigenvalue weighted by Gasteiger charge is -2.18. The number of rotatable bonds is 10. The van der Waals surface area contributed by atoms with E-state index in [2.05, 4.69) is 20.9 Å². The molecule has 30 heavy (non-hydrogen) atoms. The first kappa shape index (κ1) is 23.1. The highest BCUT2D eigenvalue weighted by molar-refractivity contribution is 5.94. The van der Waals surface area contributed by atoms with Crippen molar-refractivity contribution in [2.45, 2.75) is 33.4 Å². The van der Waals surface area contributed by atoms with Crippen molar-refractivity contribution in [2.24, 2.45) is 4.99 Å². The molecule has 3 N–H and O–H groups in total. The molecule has 0 aliphatic heterocycles. The van der Waals surface area contributed by atoms with Crippen molar-refractivity contribution in [3.05, 3.63) is 59.7 Å². The van der Waals surface area contributed by atoms with Crippen LogP contribution in [0, 0.1) is 0 Å². The van der Waals surface area contributed by atoms with Gasteiger partial charge in [-0.05, 0) is 50.6 Å². The summed E-state index contributed by atoms with van der Waals surface area (Å²) in [6, 6.07) is 15.0. The molecule has 2 rings (SSSR count). The first-order valence-corrected chi connectivity index (χ1v) is 10.3. The number of ether oxygens (including phenoxy) is 2. The summed E-state index contributed by atoms with van der Waals surface area (Å²) < 4.78 is 11.2. The molecule has 0 aromatic heterocycles. The zero-order chi connectivity index (χ0) is 21.8. The molecule has 1 unspecified atom stereocenters. The van der Waals surface area contributed by atoms with Crippen LogP contribution in [-0.2, 0) is 6.54 Å². The summed E-state index contributed by atoms with van der Waals surface area (Å²) >= 11 is 0. The molecular formula is C23H32N4O3. The van der Waals surface area contributed by atoms with Crippen LogP contribution in [0.4, 0.5) is 0 Å². The maximum atomic E-state index is 11.8. The monoisotopic (exact) mass is 412 g/mol. The van der Waals surface area contributed by atoms with Crippen molar-refractivity contribution in [3.63, 3.8) is 0 Å². The average Bonchev–Trinajstić information content (AvgIpc) is 2.76. The zero-order valence-electron chi connectivity index (χ0n) is 18.2. The van der Waals surface area contributed by atoms with Gasteiger partial charge in [0.1, 0.15) is 17.6 Å². The van der Waals surface area contributed by atoms with E-state index in [0.29, 0.717) is 31.2 Å². The molecule has 7 nitrogen and oxygen atoms in total. The van der Waals surface area contributed by atoms with Crippen LogP contribution in [0.3, 0.4) is 0 Å². The van der Waals surface area contributed by atoms with E-state index in [4.69, 9.17) is 9.47 Å². The van der Waals surface area contributed by atoms with Gasteiger partial charge in [0.05, 0.1) is 20.2 Å². The van der Waals surface area contributed by atoms with E-state index in [9.17, 15) is 4.79 Å². The van der Waals surface area contributed by atoms with E-state index in [1.165, 1.54) is 0 Å². The normalized spacial score (nSPS) is 12.1. The van der Waals surface area contributed by atoms with Gasteiger partial charge in [-0.1, -0.05) is 18.2 Å². The minimum Gasteiger partial charge on any atom is -0.497 e. The Morgan fingerprint density at radius 3 is 2.37 bits per heavy atom. The SMILES string of the molecule is CCNC(=O)c1ccc(CN=C(NCC)NCC(C)Oc2cccc(OC)c2)cc1. The van der Waals surface area contributed by atoms with Gasteiger partial charge in [0.25, 0.3) is 5.91 Å². The Balaban J connectivity index is 1.89. The van der Waals surface area contributed by atoms with Crippen LogP contribution >= 0.6 is 0 Å². The van der Waals surface area contributed by atoms with Gasteiger partial charge < -0.3 is 25.4 Å². The maximum absolute atomic E-state index is 11.8. The second-order valence-electron chi connectivity index (χ2n) is 6.74. The van der Waals surface area contributed by atoms with Crippen molar-refractivity contribution < 1.29 is 14.3 Å². The fourth-order valence-corrected chi connectivity index (χ4v) is 2.73. The Morgan fingerprint density at radius 2 is 1.70 bits per heavy atom. The summed E-state index contributed by atoms with van der Waals surface area (Å²) in [5.74, 6) is 2.18. The van der Waals surface area contributed by atoms with Gasteiger partial charge >= 0.3 is 0 Å². The van der Waals surface area contributed by atoms with Crippen LogP contribution in [-0.4, -0.2) is 44.7 Å². The molecule has 0 radical (unpaired) electrons. The molecule has 0 fully saturated rings. The summed E-state index contributed by atoms with van der Waals surface area (Å²) in [6.45, 7) is 8.40. The van der Waals surface area contributed by atoms with Crippen molar-refractivity contribution in [2.75, 3.05) is 26.7 Å². The third kappa shape index (κ3) is 7.66. The Labute approximate surface area is 178 Å². The Bertz CT molecular complexity index is 821. The largest absolute Gasteiger partial charge is 0.497 e. The third-order valence-electron chi connectivity index (χ3n) is 4.25. The van der Waals surface area contributed by atoms with Gasteiger partial charge in [-0.15, -0.1) is 0 Å². The van der Waals surface area contributed by atoms with Gasteiger partial charge in [-0.3, -0.25) is 4.79 Å². The number of carbonyl (C=O) groups excluding carboxylic acids is 1. The minimum atomic E-state index is -0.0624. The van der Waals surface area contributed by atoms with E-state index in [0.717, 1.165) is 23.6 Å². The summed E-state index contributed by atoms with van der Waals surface area (Å²) in [6.07, 6.45) is -0.0580. The molecule has 0 bridgehead atoms. The van der Waals surface area contributed by atoms with Crippen molar-refractivity contribution >= 4 is 11.9 Å². The van der Waals surface area contributed by atoms with Crippen LogP contribution in [0.1, 0.15) is 36.7 Å². The lowest BCUT2D eigenvalue weighted by molar-refractivity contribution is 0.0956. The third-order valence-corrected chi connectivity index (χ3v) is 4.25. The predicted octanol–water partition coefficient (Wildman–Crippen LogP) is 2.97. The van der Waals surface area contributed by atoms with Crippen molar-refractivity contribution in [1.82, 2.24) is 16.0 Å². The summed E-state index contributed by atoms with van der Waals surface area (Å²) in [5.41, 5.74) is 1.68. The van der Waals surface area contributed by atoms with E-state index in [-0.39, 0.29) is 12.0 Å². The summed E-state index contributed by atoms with van der Waals surface area (Å²) in [4.78, 5) is 16.5. The molecule has 0 spiro atoms. The van der Waals surface area contributed by atoms with Gasteiger partial charge in [-0.2, -0.15) is 0 Å². The van der Waals surface area contributed by atoms with Gasteiger partial charge in [0, 0.05) is 24.7 Å². The van der Waals surface area contributed by atoms with Crippen molar-refractivity contribution in [3.8, 4) is 11.5 Å². The van der Waals surface area contributed by atoms with Crippen LogP contribution in [0.15, 0.2) is 53.5 Å². The zero-order valence-corrected chi connectivity index (χ0v) is 18.2. The first-order valence-electron chi connectivity index (χ1n) is 10.3. The van der Waals surface area contributed by atoms with Crippen LogP contribution in [0.2, 0.25) is 0 Å². The molecule has 2 aromatic carbocycles. The minimum absolute atomic E-state index is 0.0580. The molecule has 0 aliphatic carbocycles. The molecule has 7 heteroatoms. The number of benzene rings is 2. The number of aliphatic imine (C=N–C) groups is 1. The molecule has 162 valence electrons. The Kier molecular flexibility index (Phi) is 9.51. The number of hydrogen-bond donors (Lipinski definition) is 3. The van der Waals surface area contributed by atoms with E-state index in [1.807, 2.05) is 69.3 Å². The van der Waals surface area contributed by atoms with Crippen LogP contribution in [0.5, 0.6) is 11.5 Å². The molecule has 0 heterocycles. The van der Waals surface area contributed by atoms with Crippen LogP contribution < -0.4 is 25.4 Å². The topological polar surface area (TPSA) is 84.0 Å². The fraction of sp³-hybridized carbons (Fsp3) is 0.391. The highest BCUT2D eigenvalue weighted by Crippen LogP contribution is 2.19. The van der Waals surface area contributed by atoms with E-state index < -0.39 is 0 Å². The second kappa shape index (κ2) is 12.4. The Morgan fingerprint density at radius 1 is 1.00 bits per heavy atom. The molecular weight excluding hydrogens is 380 g/mol. The molecule has 0 saturated heterocycles. The van der Waals surface area contributed by atoms with Gasteiger partial charge in [0.2, 0.25) is 0 Å². The number of nitrogens with zero attached hydrogens (tertiary/aromatic N) is 1. The molecule has 1 atom stereocenters. The maximum Gasteiger partial charge on any atom is 0.251 e. The number of methoxy groups -OCH3 is 1. The number of carbonyl (C=O) groups is 1. The quantitative estimate of drug-likeness (QED) is 0.413. The number of hydrogen-bond acceptors (Lipinski definition) is 4.